The molecule has 0 aromatic rings. The summed E-state index contributed by atoms with van der Waals surface area (Å²) < 4.78 is 5.19. The molecule has 2 N–H and O–H groups in total. The van der Waals surface area contributed by atoms with Crippen molar-refractivity contribution in [3.05, 3.63) is 0 Å². The van der Waals surface area contributed by atoms with Crippen LogP contribution in [0, 0.1) is 5.92 Å². The monoisotopic (exact) mass is 245 g/mol. The highest BCUT2D eigenvalue weighted by molar-refractivity contribution is 5.68. The molecule has 0 radical (unpaired) electrons. The quantitative estimate of drug-likeness (QED) is 0.756. The van der Waals surface area contributed by atoms with E-state index in [-0.39, 0.29) is 12.6 Å². The van der Waals surface area contributed by atoms with Crippen molar-refractivity contribution in [2.45, 2.75) is 65.5 Å². The summed E-state index contributed by atoms with van der Waals surface area (Å²) in [7, 11) is 0. The van der Waals surface area contributed by atoms with E-state index < -0.39 is 11.7 Å². The summed E-state index contributed by atoms with van der Waals surface area (Å²) >= 11 is 0. The molecule has 0 spiro atoms. The average Bonchev–Trinajstić information content (AvgIpc) is 2.11. The standard InChI is InChI=1S/C13H27NO3/c1-10(2)6-7-11(8-9-15)14-12(16)17-13(3,4)5/h10-11,15H,6-9H2,1-5H3,(H,14,16)/t11-/m0/s1. The summed E-state index contributed by atoms with van der Waals surface area (Å²) in [6.07, 6.45) is 2.07. The van der Waals surface area contributed by atoms with Gasteiger partial charge in [0.2, 0.25) is 0 Å². The number of carbonyl (C=O) groups excluding carboxylic acids is 1. The number of aliphatic hydroxyl groups excluding tert-OH is 1. The molecule has 17 heavy (non-hydrogen) atoms. The van der Waals surface area contributed by atoms with Crippen molar-refractivity contribution in [3.63, 3.8) is 0 Å². The van der Waals surface area contributed by atoms with E-state index in [1.165, 1.54) is 0 Å². The SMILES string of the molecule is CC(C)CC[C@@H](CCO)NC(=O)OC(C)(C)C. The van der Waals surface area contributed by atoms with Crippen LogP contribution in [0.5, 0.6) is 0 Å². The zero-order valence-corrected chi connectivity index (χ0v) is 11.7. The lowest BCUT2D eigenvalue weighted by Gasteiger charge is -2.23. The largest absolute Gasteiger partial charge is 0.444 e. The number of hydrogen-bond acceptors (Lipinski definition) is 3. The van der Waals surface area contributed by atoms with E-state index in [0.29, 0.717) is 12.3 Å². The van der Waals surface area contributed by atoms with Gasteiger partial charge in [-0.25, -0.2) is 4.79 Å². The lowest BCUT2D eigenvalue weighted by atomic mass is 10.0. The number of nitrogens with one attached hydrogen (secondary N) is 1. The highest BCUT2D eigenvalue weighted by Crippen LogP contribution is 2.11. The Morgan fingerprint density at radius 1 is 1.24 bits per heavy atom. The summed E-state index contributed by atoms with van der Waals surface area (Å²) in [6, 6.07) is -0.00255. The first-order valence-corrected chi connectivity index (χ1v) is 6.35. The highest BCUT2D eigenvalue weighted by atomic mass is 16.6. The first kappa shape index (κ1) is 16.2. The van der Waals surface area contributed by atoms with Crippen LogP contribution in [0.2, 0.25) is 0 Å². The number of aliphatic hydroxyl groups is 1. The first-order chi connectivity index (χ1) is 7.74. The van der Waals surface area contributed by atoms with Crippen molar-refractivity contribution in [2.24, 2.45) is 5.92 Å². The van der Waals surface area contributed by atoms with Crippen molar-refractivity contribution >= 4 is 6.09 Å². The van der Waals surface area contributed by atoms with Crippen LogP contribution in [0.3, 0.4) is 0 Å². The molecule has 0 aliphatic carbocycles. The Bertz CT molecular complexity index is 221. The first-order valence-electron chi connectivity index (χ1n) is 6.35. The Kier molecular flexibility index (Phi) is 7.19. The number of amides is 1. The topological polar surface area (TPSA) is 58.6 Å². The second kappa shape index (κ2) is 7.54. The van der Waals surface area contributed by atoms with Crippen molar-refractivity contribution < 1.29 is 14.6 Å². The summed E-state index contributed by atoms with van der Waals surface area (Å²) in [6.45, 7) is 9.87. The van der Waals surface area contributed by atoms with Gasteiger partial charge >= 0.3 is 6.09 Å². The molecule has 0 aliphatic heterocycles. The van der Waals surface area contributed by atoms with E-state index in [0.717, 1.165) is 12.8 Å². The van der Waals surface area contributed by atoms with Gasteiger partial charge in [-0.1, -0.05) is 13.8 Å². The molecule has 0 unspecified atom stereocenters. The van der Waals surface area contributed by atoms with E-state index in [4.69, 9.17) is 9.84 Å². The molecule has 0 rings (SSSR count). The average molecular weight is 245 g/mol. The summed E-state index contributed by atoms with van der Waals surface area (Å²) in [5, 5.41) is 11.8. The van der Waals surface area contributed by atoms with Crippen LogP contribution in [-0.4, -0.2) is 29.4 Å². The van der Waals surface area contributed by atoms with Gasteiger partial charge in [0.15, 0.2) is 0 Å². The van der Waals surface area contributed by atoms with E-state index in [9.17, 15) is 4.79 Å². The molecule has 0 saturated heterocycles. The minimum atomic E-state index is -0.480. The molecule has 0 heterocycles. The van der Waals surface area contributed by atoms with Crippen LogP contribution >= 0.6 is 0 Å². The van der Waals surface area contributed by atoms with Crippen molar-refractivity contribution in [1.82, 2.24) is 5.32 Å². The third kappa shape index (κ3) is 10.1. The lowest BCUT2D eigenvalue weighted by molar-refractivity contribution is 0.0492. The molecule has 0 aromatic carbocycles. The molecule has 1 atom stereocenters. The zero-order chi connectivity index (χ0) is 13.5. The van der Waals surface area contributed by atoms with Crippen LogP contribution < -0.4 is 5.32 Å². The third-order valence-corrected chi connectivity index (χ3v) is 2.29. The van der Waals surface area contributed by atoms with Gasteiger partial charge in [-0.05, 0) is 46.0 Å². The fourth-order valence-corrected chi connectivity index (χ4v) is 1.45. The molecule has 0 saturated carbocycles. The number of hydrogen-bond donors (Lipinski definition) is 2. The third-order valence-electron chi connectivity index (χ3n) is 2.29. The number of alkyl carbamates (subject to hydrolysis) is 1. The van der Waals surface area contributed by atoms with Crippen LogP contribution in [0.1, 0.15) is 53.9 Å². The van der Waals surface area contributed by atoms with Gasteiger partial charge in [0.25, 0.3) is 0 Å². The van der Waals surface area contributed by atoms with Gasteiger partial charge in [-0.15, -0.1) is 0 Å². The Balaban J connectivity index is 4.10. The number of carbonyl (C=O) groups is 1. The normalized spacial score (nSPS) is 13.6. The van der Waals surface area contributed by atoms with Crippen LogP contribution in [0.4, 0.5) is 4.79 Å². The second-order valence-corrected chi connectivity index (χ2v) is 5.83. The summed E-state index contributed by atoms with van der Waals surface area (Å²) in [5.74, 6) is 0.594. The Morgan fingerprint density at radius 3 is 2.24 bits per heavy atom. The Hall–Kier alpha value is -0.770. The molecule has 0 aliphatic rings. The summed E-state index contributed by atoms with van der Waals surface area (Å²) in [4.78, 5) is 11.6. The van der Waals surface area contributed by atoms with Crippen LogP contribution in [-0.2, 0) is 4.74 Å². The Morgan fingerprint density at radius 2 is 1.82 bits per heavy atom. The predicted molar refractivity (Wildman–Crippen MR) is 68.9 cm³/mol. The lowest BCUT2D eigenvalue weighted by Crippen LogP contribution is -2.39. The number of rotatable bonds is 6. The molecular weight excluding hydrogens is 218 g/mol. The minimum Gasteiger partial charge on any atom is -0.444 e. The minimum absolute atomic E-state index is 0.00255. The van der Waals surface area contributed by atoms with Gasteiger partial charge in [0.05, 0.1) is 0 Å². The molecule has 1 amide bonds. The van der Waals surface area contributed by atoms with Crippen molar-refractivity contribution in [1.29, 1.82) is 0 Å². The van der Waals surface area contributed by atoms with Crippen molar-refractivity contribution in [2.75, 3.05) is 6.61 Å². The number of ether oxygens (including phenoxy) is 1. The molecule has 4 nitrogen and oxygen atoms in total. The van der Waals surface area contributed by atoms with E-state index >= 15 is 0 Å². The van der Waals surface area contributed by atoms with Gasteiger partial charge in [-0.2, -0.15) is 0 Å². The van der Waals surface area contributed by atoms with Crippen LogP contribution in [0.25, 0.3) is 0 Å². The second-order valence-electron chi connectivity index (χ2n) is 5.83. The maximum absolute atomic E-state index is 11.6. The smallest absolute Gasteiger partial charge is 0.407 e. The fourth-order valence-electron chi connectivity index (χ4n) is 1.45. The molecule has 0 bridgehead atoms. The van der Waals surface area contributed by atoms with Crippen molar-refractivity contribution in [3.8, 4) is 0 Å². The zero-order valence-electron chi connectivity index (χ0n) is 11.7. The molecular formula is C13H27NO3. The fraction of sp³-hybridized carbons (Fsp3) is 0.923. The van der Waals surface area contributed by atoms with Gasteiger partial charge in [-0.3, -0.25) is 0 Å². The molecule has 4 heteroatoms. The maximum atomic E-state index is 11.6. The van der Waals surface area contributed by atoms with Crippen LogP contribution in [0.15, 0.2) is 0 Å². The van der Waals surface area contributed by atoms with Gasteiger partial charge in [0, 0.05) is 12.6 Å². The molecule has 0 aromatic heterocycles. The predicted octanol–water partition coefficient (Wildman–Crippen LogP) is 2.70. The molecule has 102 valence electrons. The van der Waals surface area contributed by atoms with E-state index in [1.54, 1.807) is 0 Å². The highest BCUT2D eigenvalue weighted by Gasteiger charge is 2.19. The maximum Gasteiger partial charge on any atom is 0.407 e. The van der Waals surface area contributed by atoms with Gasteiger partial charge in [0.1, 0.15) is 5.60 Å². The molecule has 0 fully saturated rings. The van der Waals surface area contributed by atoms with Gasteiger partial charge < -0.3 is 15.2 Å². The van der Waals surface area contributed by atoms with E-state index in [2.05, 4.69) is 19.2 Å². The Labute approximate surface area is 105 Å². The van der Waals surface area contributed by atoms with E-state index in [1.807, 2.05) is 20.8 Å². The summed E-state index contributed by atoms with van der Waals surface area (Å²) in [5.41, 5.74) is -0.480.